The van der Waals surface area contributed by atoms with E-state index in [1.54, 1.807) is 24.3 Å². The number of carbonyl (C=O) groups excluding carboxylic acids is 2. The van der Waals surface area contributed by atoms with E-state index in [1.165, 1.54) is 0 Å². The van der Waals surface area contributed by atoms with Crippen molar-refractivity contribution < 1.29 is 9.59 Å². The van der Waals surface area contributed by atoms with Crippen LogP contribution in [-0.2, 0) is 0 Å². The van der Waals surface area contributed by atoms with Gasteiger partial charge in [-0.15, -0.1) is 0 Å². The highest BCUT2D eigenvalue weighted by Gasteiger charge is 2.23. The quantitative estimate of drug-likeness (QED) is 0.909. The topological polar surface area (TPSA) is 58.2 Å². The molecule has 0 saturated heterocycles. The lowest BCUT2D eigenvalue weighted by molar-refractivity contribution is 0.0950. The normalized spacial score (nSPS) is 13.5. The smallest absolute Gasteiger partial charge is 0.255 e. The minimum absolute atomic E-state index is 0.0556. The summed E-state index contributed by atoms with van der Waals surface area (Å²) in [6, 6.07) is 13.0. The number of hydrogen-bond donors (Lipinski definition) is 2. The molecule has 3 rings (SSSR count). The van der Waals surface area contributed by atoms with E-state index in [2.05, 4.69) is 10.6 Å². The molecule has 0 spiro atoms. The van der Waals surface area contributed by atoms with Crippen LogP contribution < -0.4 is 10.6 Å². The van der Waals surface area contributed by atoms with Crippen molar-refractivity contribution in [1.29, 1.82) is 0 Å². The summed E-state index contributed by atoms with van der Waals surface area (Å²) in [5.74, 6) is -0.193. The van der Waals surface area contributed by atoms with E-state index in [0.717, 1.165) is 24.0 Å². The minimum atomic E-state index is -0.138. The van der Waals surface area contributed by atoms with Gasteiger partial charge in [0.05, 0.1) is 0 Å². The summed E-state index contributed by atoms with van der Waals surface area (Å²) >= 11 is 0. The number of anilines is 1. The van der Waals surface area contributed by atoms with Crippen LogP contribution in [0.15, 0.2) is 42.5 Å². The van der Waals surface area contributed by atoms with Crippen LogP contribution in [0, 0.1) is 13.8 Å². The van der Waals surface area contributed by atoms with Gasteiger partial charge in [0.15, 0.2) is 0 Å². The Kier molecular flexibility index (Phi) is 4.15. The first-order valence-electron chi connectivity index (χ1n) is 7.83. The Labute approximate surface area is 135 Å². The summed E-state index contributed by atoms with van der Waals surface area (Å²) in [6.45, 7) is 3.93. The van der Waals surface area contributed by atoms with Crippen LogP contribution in [-0.4, -0.2) is 17.9 Å². The molecule has 2 amide bonds. The first-order chi connectivity index (χ1) is 11.0. The van der Waals surface area contributed by atoms with Gasteiger partial charge in [0.2, 0.25) is 0 Å². The number of nitrogens with one attached hydrogen (secondary N) is 2. The number of rotatable bonds is 4. The third-order valence-corrected chi connectivity index (χ3v) is 4.17. The van der Waals surface area contributed by atoms with E-state index in [-0.39, 0.29) is 11.8 Å². The average Bonchev–Trinajstić information content (AvgIpc) is 3.34. The zero-order chi connectivity index (χ0) is 16.4. The van der Waals surface area contributed by atoms with Crippen LogP contribution in [0.3, 0.4) is 0 Å². The summed E-state index contributed by atoms with van der Waals surface area (Å²) in [7, 11) is 0. The summed E-state index contributed by atoms with van der Waals surface area (Å²) in [5.41, 5.74) is 4.02. The van der Waals surface area contributed by atoms with Crippen LogP contribution in [0.1, 0.15) is 44.7 Å². The van der Waals surface area contributed by atoms with E-state index in [4.69, 9.17) is 0 Å². The Morgan fingerprint density at radius 3 is 2.30 bits per heavy atom. The number of carbonyl (C=O) groups is 2. The molecule has 4 nitrogen and oxygen atoms in total. The van der Waals surface area contributed by atoms with Crippen molar-refractivity contribution in [1.82, 2.24) is 5.32 Å². The lowest BCUT2D eigenvalue weighted by Gasteiger charge is -2.10. The molecule has 2 aromatic carbocycles. The lowest BCUT2D eigenvalue weighted by Crippen LogP contribution is -2.25. The minimum Gasteiger partial charge on any atom is -0.349 e. The second-order valence-electron chi connectivity index (χ2n) is 6.03. The summed E-state index contributed by atoms with van der Waals surface area (Å²) in [4.78, 5) is 24.3. The predicted octanol–water partition coefficient (Wildman–Crippen LogP) is 3.45. The summed E-state index contributed by atoms with van der Waals surface area (Å²) in [5, 5.41) is 5.82. The molecule has 4 heteroatoms. The molecule has 1 saturated carbocycles. The molecule has 0 unspecified atom stereocenters. The van der Waals surface area contributed by atoms with Crippen LogP contribution in [0.25, 0.3) is 0 Å². The standard InChI is InChI=1S/C19H20N2O2/c1-12-4-3-5-17(13(12)2)19(23)21-15-8-6-14(7-9-15)18(22)20-16-10-11-16/h3-9,16H,10-11H2,1-2H3,(H,20,22)(H,21,23). The molecule has 1 fully saturated rings. The lowest BCUT2D eigenvalue weighted by atomic mass is 10.0. The maximum Gasteiger partial charge on any atom is 0.255 e. The largest absolute Gasteiger partial charge is 0.349 e. The molecule has 1 aliphatic rings. The van der Waals surface area contributed by atoms with Gasteiger partial charge in [-0.25, -0.2) is 0 Å². The highest BCUT2D eigenvalue weighted by atomic mass is 16.2. The molecular weight excluding hydrogens is 288 g/mol. The Morgan fingerprint density at radius 2 is 1.65 bits per heavy atom. The second kappa shape index (κ2) is 6.24. The van der Waals surface area contributed by atoms with Crippen molar-refractivity contribution in [3.05, 3.63) is 64.7 Å². The van der Waals surface area contributed by atoms with E-state index >= 15 is 0 Å². The SMILES string of the molecule is Cc1cccc(C(=O)Nc2ccc(C(=O)NC3CC3)cc2)c1C. The molecule has 0 atom stereocenters. The van der Waals surface area contributed by atoms with Gasteiger partial charge in [0.1, 0.15) is 0 Å². The number of amides is 2. The maximum absolute atomic E-state index is 12.4. The van der Waals surface area contributed by atoms with Crippen molar-refractivity contribution in [3.63, 3.8) is 0 Å². The zero-order valence-electron chi connectivity index (χ0n) is 13.3. The number of benzene rings is 2. The summed E-state index contributed by atoms with van der Waals surface area (Å²) < 4.78 is 0. The first-order valence-corrected chi connectivity index (χ1v) is 7.83. The molecular formula is C19H20N2O2. The predicted molar refractivity (Wildman–Crippen MR) is 90.8 cm³/mol. The van der Waals surface area contributed by atoms with Gasteiger partial charge in [0, 0.05) is 22.9 Å². The van der Waals surface area contributed by atoms with Gasteiger partial charge in [-0.1, -0.05) is 12.1 Å². The van der Waals surface area contributed by atoms with E-state index in [0.29, 0.717) is 22.9 Å². The molecule has 118 valence electrons. The molecule has 0 bridgehead atoms. The monoisotopic (exact) mass is 308 g/mol. The maximum atomic E-state index is 12.4. The number of hydrogen-bond acceptors (Lipinski definition) is 2. The van der Waals surface area contributed by atoms with Crippen molar-refractivity contribution in [2.24, 2.45) is 0 Å². The third-order valence-electron chi connectivity index (χ3n) is 4.17. The molecule has 2 aromatic rings. The van der Waals surface area contributed by atoms with E-state index in [1.807, 2.05) is 32.0 Å². The molecule has 0 aromatic heterocycles. The van der Waals surface area contributed by atoms with Gasteiger partial charge in [-0.2, -0.15) is 0 Å². The van der Waals surface area contributed by atoms with Crippen molar-refractivity contribution in [2.75, 3.05) is 5.32 Å². The van der Waals surface area contributed by atoms with Gasteiger partial charge in [0.25, 0.3) is 11.8 Å². The average molecular weight is 308 g/mol. The van der Waals surface area contributed by atoms with Gasteiger partial charge in [-0.3, -0.25) is 9.59 Å². The van der Waals surface area contributed by atoms with Crippen molar-refractivity contribution in [2.45, 2.75) is 32.7 Å². The number of aryl methyl sites for hydroxylation is 1. The Hall–Kier alpha value is -2.62. The third kappa shape index (κ3) is 3.59. The molecule has 0 radical (unpaired) electrons. The zero-order valence-corrected chi connectivity index (χ0v) is 13.3. The summed E-state index contributed by atoms with van der Waals surface area (Å²) in [6.07, 6.45) is 2.13. The fraction of sp³-hybridized carbons (Fsp3) is 0.263. The molecule has 1 aliphatic carbocycles. The Balaban J connectivity index is 1.69. The van der Waals surface area contributed by atoms with Crippen LogP contribution >= 0.6 is 0 Å². The van der Waals surface area contributed by atoms with E-state index in [9.17, 15) is 9.59 Å². The van der Waals surface area contributed by atoms with Crippen LogP contribution in [0.5, 0.6) is 0 Å². The van der Waals surface area contributed by atoms with Gasteiger partial charge >= 0.3 is 0 Å². The molecule has 2 N–H and O–H groups in total. The van der Waals surface area contributed by atoms with E-state index < -0.39 is 0 Å². The Morgan fingerprint density at radius 1 is 0.957 bits per heavy atom. The molecule has 0 heterocycles. The van der Waals surface area contributed by atoms with Gasteiger partial charge in [-0.05, 0) is 68.1 Å². The highest BCUT2D eigenvalue weighted by Crippen LogP contribution is 2.20. The molecule has 0 aliphatic heterocycles. The molecule has 23 heavy (non-hydrogen) atoms. The Bertz CT molecular complexity index is 746. The van der Waals surface area contributed by atoms with Crippen LogP contribution in [0.2, 0.25) is 0 Å². The second-order valence-corrected chi connectivity index (χ2v) is 6.03. The van der Waals surface area contributed by atoms with Crippen LogP contribution in [0.4, 0.5) is 5.69 Å². The van der Waals surface area contributed by atoms with Gasteiger partial charge < -0.3 is 10.6 Å². The van der Waals surface area contributed by atoms with Crippen molar-refractivity contribution >= 4 is 17.5 Å². The highest BCUT2D eigenvalue weighted by molar-refractivity contribution is 6.05. The first kappa shape index (κ1) is 15.3. The van der Waals surface area contributed by atoms with Crippen molar-refractivity contribution in [3.8, 4) is 0 Å². The fourth-order valence-corrected chi connectivity index (χ4v) is 2.40. The fourth-order valence-electron chi connectivity index (χ4n) is 2.40.